The smallest absolute Gasteiger partial charge is 0.164 e. The van der Waals surface area contributed by atoms with Gasteiger partial charge in [0.1, 0.15) is 0 Å². The van der Waals surface area contributed by atoms with Gasteiger partial charge >= 0.3 is 0 Å². The van der Waals surface area contributed by atoms with Crippen molar-refractivity contribution < 1.29 is 0 Å². The van der Waals surface area contributed by atoms with E-state index in [4.69, 9.17) is 44.9 Å². The Morgan fingerprint density at radius 2 is 0.427 bits per heavy atom. The van der Waals surface area contributed by atoms with Crippen LogP contribution in [0.3, 0.4) is 0 Å². The van der Waals surface area contributed by atoms with Crippen LogP contribution in [0.15, 0.2) is 382 Å². The van der Waals surface area contributed by atoms with E-state index in [1.165, 1.54) is 32.3 Å². The number of fused-ring (bicyclic) bond motifs is 6. The summed E-state index contributed by atoms with van der Waals surface area (Å²) < 4.78 is 0. The highest BCUT2D eigenvalue weighted by Gasteiger charge is 2.19. The topological polar surface area (TPSA) is 155 Å². The molecule has 6 aromatic heterocycles. The molecule has 0 aliphatic rings. The van der Waals surface area contributed by atoms with Crippen LogP contribution in [0.2, 0.25) is 0 Å². The molecule has 0 amide bonds. The summed E-state index contributed by atoms with van der Waals surface area (Å²) in [7, 11) is 0. The van der Waals surface area contributed by atoms with Gasteiger partial charge in [-0.3, -0.25) is 15.0 Å². The summed E-state index contributed by atoms with van der Waals surface area (Å²) in [6, 6.07) is 127. The number of pyridine rings is 3. The fraction of sp³-hybridized carbons (Fsp3) is 0.0286. The zero-order valence-electron chi connectivity index (χ0n) is 64.2. The third kappa shape index (κ3) is 15.6. The highest BCUT2D eigenvalue weighted by atomic mass is 15.1. The maximum atomic E-state index is 4.96. The van der Waals surface area contributed by atoms with E-state index in [1.54, 1.807) is 0 Å². The van der Waals surface area contributed by atoms with Gasteiger partial charge in [-0.2, -0.15) is 0 Å². The second kappa shape index (κ2) is 31.8. The Balaban J connectivity index is 0.000000117. The summed E-state index contributed by atoms with van der Waals surface area (Å²) >= 11 is 0. The molecule has 0 fully saturated rings. The van der Waals surface area contributed by atoms with Crippen LogP contribution >= 0.6 is 0 Å². The minimum Gasteiger partial charge on any atom is -0.261 e. The number of benzene rings is 15. The molecule has 0 saturated heterocycles. The molecular weight excluding hydrogens is 1430 g/mol. The minimum absolute atomic E-state index is 0.639. The van der Waals surface area contributed by atoms with E-state index in [9.17, 15) is 0 Å². The lowest BCUT2D eigenvalue weighted by atomic mass is 10.0. The number of aryl methyl sites for hydroxylation is 3. The van der Waals surface area contributed by atoms with Gasteiger partial charge in [-0.15, -0.1) is 0 Å². The summed E-state index contributed by atoms with van der Waals surface area (Å²) in [4.78, 5) is 58.1. The van der Waals surface area contributed by atoms with Crippen molar-refractivity contribution in [2.24, 2.45) is 0 Å². The molecule has 0 radical (unpaired) electrons. The van der Waals surface area contributed by atoms with Crippen molar-refractivity contribution in [2.75, 3.05) is 0 Å². The molecule has 21 aromatic rings. The Hall–Kier alpha value is -15.7. The van der Waals surface area contributed by atoms with Gasteiger partial charge in [0.05, 0.1) is 5.69 Å². The van der Waals surface area contributed by atoms with Gasteiger partial charge in [0.2, 0.25) is 0 Å². The van der Waals surface area contributed by atoms with E-state index in [-0.39, 0.29) is 0 Å². The van der Waals surface area contributed by atoms with Gasteiger partial charge in [0.15, 0.2) is 52.4 Å². The zero-order valence-corrected chi connectivity index (χ0v) is 64.2. The Morgan fingerprint density at radius 1 is 0.162 bits per heavy atom. The number of rotatable bonds is 12. The van der Waals surface area contributed by atoms with Crippen molar-refractivity contribution in [3.05, 3.63) is 400 Å². The summed E-state index contributed by atoms with van der Waals surface area (Å²) in [5, 5.41) is 14.0. The van der Waals surface area contributed by atoms with E-state index in [0.29, 0.717) is 52.4 Å². The average Bonchev–Trinajstić information content (AvgIpc) is 0.789. The maximum absolute atomic E-state index is 4.96. The summed E-state index contributed by atoms with van der Waals surface area (Å²) in [6.45, 7) is 6.03. The molecular formula is C105H72N12. The number of nitrogens with zero attached hydrogens (tertiary/aromatic N) is 12. The van der Waals surface area contributed by atoms with Crippen LogP contribution in [0.5, 0.6) is 0 Å². The molecule has 0 saturated carbocycles. The first-order valence-corrected chi connectivity index (χ1v) is 38.9. The van der Waals surface area contributed by atoms with Gasteiger partial charge in [-0.05, 0) is 157 Å². The normalized spacial score (nSPS) is 11.2. The van der Waals surface area contributed by atoms with Crippen LogP contribution in [0.1, 0.15) is 17.1 Å². The van der Waals surface area contributed by atoms with Gasteiger partial charge in [-0.25, -0.2) is 44.9 Å². The van der Waals surface area contributed by atoms with Gasteiger partial charge in [-0.1, -0.05) is 309 Å². The van der Waals surface area contributed by atoms with Crippen molar-refractivity contribution >= 4 is 64.6 Å². The van der Waals surface area contributed by atoms with E-state index in [1.807, 2.05) is 63.5 Å². The predicted octanol–water partition coefficient (Wildman–Crippen LogP) is 25.6. The van der Waals surface area contributed by atoms with Crippen molar-refractivity contribution in [2.45, 2.75) is 20.8 Å². The van der Waals surface area contributed by atoms with Crippen LogP contribution < -0.4 is 0 Å². The zero-order chi connectivity index (χ0) is 78.5. The van der Waals surface area contributed by atoms with Crippen LogP contribution in [0, 0.1) is 20.8 Å². The SMILES string of the molecule is Cc1ccc(-c2ccc(-c3nc(-c4ccc5ccccc5c4)nc(-c4ccc5ccccc5c4)n3)cc2)cn1.Cc1cccc(-c2ccc(-c3nc(-c4ccc5ccccc5c4)nc(-c4ccc5ccccc5c4)n3)cc2)n1.Cc1ncccc1-c1ccc(-c2nc(-c3ccc4ccccc4c3)nc(-c3ccc4ccccc4c3)n2)cc1. The Morgan fingerprint density at radius 3 is 0.718 bits per heavy atom. The summed E-state index contributed by atoms with van der Waals surface area (Å²) in [5.74, 6) is 5.84. The first kappa shape index (κ1) is 71.6. The largest absolute Gasteiger partial charge is 0.261 e. The lowest BCUT2D eigenvalue weighted by molar-refractivity contribution is 1.07. The van der Waals surface area contributed by atoms with Crippen LogP contribution in [-0.2, 0) is 0 Å². The second-order valence-corrected chi connectivity index (χ2v) is 29.0. The quantitative estimate of drug-likeness (QED) is 0.114. The molecule has 0 N–H and O–H groups in total. The third-order valence-corrected chi connectivity index (χ3v) is 21.1. The number of hydrogen-bond acceptors (Lipinski definition) is 12. The molecule has 12 nitrogen and oxygen atoms in total. The maximum Gasteiger partial charge on any atom is 0.164 e. The summed E-state index contributed by atoms with van der Waals surface area (Å²) in [6.07, 6.45) is 3.73. The highest BCUT2D eigenvalue weighted by Crippen LogP contribution is 2.36. The molecule has 6 heterocycles. The Kier molecular flexibility index (Phi) is 19.5. The van der Waals surface area contributed by atoms with E-state index < -0.39 is 0 Å². The van der Waals surface area contributed by atoms with Crippen LogP contribution in [-0.4, -0.2) is 59.8 Å². The van der Waals surface area contributed by atoms with E-state index >= 15 is 0 Å². The van der Waals surface area contributed by atoms with E-state index in [2.05, 4.69) is 355 Å². The summed E-state index contributed by atoms with van der Waals surface area (Å²) in [5.41, 5.74) is 18.0. The molecule has 0 unspecified atom stereocenters. The molecule has 0 bridgehead atoms. The lowest BCUT2D eigenvalue weighted by Crippen LogP contribution is -2.00. The Bertz CT molecular complexity index is 7000. The number of aromatic nitrogens is 12. The average molecular weight is 1500 g/mol. The van der Waals surface area contributed by atoms with Crippen molar-refractivity contribution in [1.82, 2.24) is 59.8 Å². The highest BCUT2D eigenvalue weighted by molar-refractivity contribution is 5.93. The molecule has 0 aliphatic carbocycles. The minimum atomic E-state index is 0.639. The second-order valence-electron chi connectivity index (χ2n) is 29.0. The van der Waals surface area contributed by atoms with E-state index in [0.717, 1.165) is 133 Å². The first-order chi connectivity index (χ1) is 57.6. The standard InChI is InChI=1S/3C35H24N4/c1-23-7-6-12-32(36-23)26-15-17-27(18-16-26)33-37-34(30-19-13-24-8-2-4-10-28(24)21-30)39-35(38-33)31-20-14-25-9-3-5-11-29(25)22-31;1-23-32(11-6-20-36-23)26-14-16-27(17-15-26)33-37-34(30-18-12-24-7-2-4-9-28(24)21-30)39-35(38-33)31-19-13-25-8-3-5-10-29(25)22-31;1-23-10-11-32(22-36-23)26-12-16-27(17-13-26)33-37-34(30-18-14-24-6-2-4-8-28(24)20-30)39-35(38-33)31-19-15-25-7-3-5-9-29(25)21-31/h3*2-22H,1H3. The van der Waals surface area contributed by atoms with Gasteiger partial charge in [0.25, 0.3) is 0 Å². The van der Waals surface area contributed by atoms with Crippen molar-refractivity contribution in [3.8, 4) is 136 Å². The molecule has 0 aliphatic heterocycles. The fourth-order valence-electron chi connectivity index (χ4n) is 14.8. The molecule has 21 rings (SSSR count). The number of hydrogen-bond donors (Lipinski definition) is 0. The van der Waals surface area contributed by atoms with Crippen molar-refractivity contribution in [3.63, 3.8) is 0 Å². The van der Waals surface area contributed by atoms with Crippen LogP contribution in [0.25, 0.3) is 201 Å². The van der Waals surface area contributed by atoms with Crippen LogP contribution in [0.4, 0.5) is 0 Å². The third-order valence-electron chi connectivity index (χ3n) is 21.1. The van der Waals surface area contributed by atoms with Crippen molar-refractivity contribution in [1.29, 1.82) is 0 Å². The Labute approximate surface area is 676 Å². The first-order valence-electron chi connectivity index (χ1n) is 38.9. The predicted molar refractivity (Wildman–Crippen MR) is 477 cm³/mol. The molecule has 15 aromatic carbocycles. The van der Waals surface area contributed by atoms with Gasteiger partial charge < -0.3 is 0 Å². The molecule has 117 heavy (non-hydrogen) atoms. The molecule has 0 spiro atoms. The van der Waals surface area contributed by atoms with Gasteiger partial charge in [0, 0.05) is 96.2 Å². The lowest BCUT2D eigenvalue weighted by Gasteiger charge is -2.10. The fourth-order valence-corrected chi connectivity index (χ4v) is 14.8. The molecule has 552 valence electrons. The molecule has 0 atom stereocenters. The molecule has 12 heteroatoms. The monoisotopic (exact) mass is 1500 g/mol.